The van der Waals surface area contributed by atoms with Crippen LogP contribution in [0.3, 0.4) is 0 Å². The van der Waals surface area contributed by atoms with Crippen LogP contribution < -0.4 is 5.73 Å². The Hall–Kier alpha value is -1.90. The normalized spacial score (nSPS) is 10.9. The summed E-state index contributed by atoms with van der Waals surface area (Å²) in [6.07, 6.45) is 1.97. The number of phenolic OH excluding ortho intramolecular Hbond substituents is 1. The first kappa shape index (κ1) is 10.6. The quantitative estimate of drug-likeness (QED) is 0.810. The molecule has 1 aromatic heterocycles. The predicted octanol–water partition coefficient (Wildman–Crippen LogP) is 3.02. The number of rotatable bonds is 2. The lowest BCUT2D eigenvalue weighted by atomic mass is 10.1. The Labute approximate surface area is 95.1 Å². The van der Waals surface area contributed by atoms with Crippen molar-refractivity contribution >= 4 is 5.82 Å². The Balaban J connectivity index is 2.50. The van der Waals surface area contributed by atoms with E-state index in [1.807, 2.05) is 35.0 Å². The van der Waals surface area contributed by atoms with Crippen LogP contribution in [0, 0.1) is 0 Å². The predicted molar refractivity (Wildman–Crippen MR) is 66.3 cm³/mol. The second-order valence-electron chi connectivity index (χ2n) is 4.17. The van der Waals surface area contributed by atoms with Gasteiger partial charge in [0, 0.05) is 23.4 Å². The SMILES string of the molecule is CC(C)n1cc(-c2ccccc2O)cc1N. The van der Waals surface area contributed by atoms with Crippen LogP contribution in [0.5, 0.6) is 5.75 Å². The summed E-state index contributed by atoms with van der Waals surface area (Å²) in [5, 5.41) is 9.75. The minimum Gasteiger partial charge on any atom is -0.507 e. The molecule has 84 valence electrons. The second kappa shape index (κ2) is 3.93. The van der Waals surface area contributed by atoms with Gasteiger partial charge in [0.05, 0.1) is 0 Å². The molecule has 3 N–H and O–H groups in total. The zero-order valence-electron chi connectivity index (χ0n) is 9.51. The van der Waals surface area contributed by atoms with E-state index < -0.39 is 0 Å². The molecule has 0 saturated heterocycles. The van der Waals surface area contributed by atoms with Gasteiger partial charge in [-0.05, 0) is 26.0 Å². The molecule has 0 aliphatic rings. The molecule has 2 aromatic rings. The Kier molecular flexibility index (Phi) is 2.60. The summed E-state index contributed by atoms with van der Waals surface area (Å²) in [4.78, 5) is 0. The van der Waals surface area contributed by atoms with Crippen LogP contribution in [-0.4, -0.2) is 9.67 Å². The van der Waals surface area contributed by atoms with Crippen LogP contribution >= 0.6 is 0 Å². The maximum Gasteiger partial charge on any atom is 0.123 e. The summed E-state index contributed by atoms with van der Waals surface area (Å²) in [6, 6.07) is 9.47. The van der Waals surface area contributed by atoms with E-state index in [1.165, 1.54) is 0 Å². The van der Waals surface area contributed by atoms with Crippen LogP contribution in [0.2, 0.25) is 0 Å². The molecule has 0 atom stereocenters. The largest absolute Gasteiger partial charge is 0.507 e. The summed E-state index contributed by atoms with van der Waals surface area (Å²) in [5.74, 6) is 0.997. The molecule has 0 aliphatic heterocycles. The summed E-state index contributed by atoms with van der Waals surface area (Å²) in [6.45, 7) is 4.15. The molecule has 0 saturated carbocycles. The highest BCUT2D eigenvalue weighted by Crippen LogP contribution is 2.31. The third-order valence-corrected chi connectivity index (χ3v) is 2.65. The molecule has 0 radical (unpaired) electrons. The van der Waals surface area contributed by atoms with Crippen molar-refractivity contribution < 1.29 is 5.11 Å². The molecule has 1 aromatic carbocycles. The Morgan fingerprint density at radius 3 is 2.50 bits per heavy atom. The molecular formula is C13H16N2O. The number of nitrogen functional groups attached to an aromatic ring is 1. The standard InChI is InChI=1S/C13H16N2O/c1-9(2)15-8-10(7-13(15)14)11-5-3-4-6-12(11)16/h3-9,16H,14H2,1-2H3. The number of phenols is 1. The van der Waals surface area contributed by atoms with Crippen LogP contribution in [0.15, 0.2) is 36.5 Å². The second-order valence-corrected chi connectivity index (χ2v) is 4.17. The first-order chi connectivity index (χ1) is 7.59. The highest BCUT2D eigenvalue weighted by molar-refractivity contribution is 5.72. The molecular weight excluding hydrogens is 200 g/mol. The Morgan fingerprint density at radius 2 is 1.94 bits per heavy atom. The van der Waals surface area contributed by atoms with Gasteiger partial charge in [-0.3, -0.25) is 0 Å². The highest BCUT2D eigenvalue weighted by Gasteiger charge is 2.09. The van der Waals surface area contributed by atoms with Crippen molar-refractivity contribution in [2.24, 2.45) is 0 Å². The van der Waals surface area contributed by atoms with Crippen LogP contribution in [0.25, 0.3) is 11.1 Å². The topological polar surface area (TPSA) is 51.2 Å². The molecule has 0 amide bonds. The number of aromatic nitrogens is 1. The van der Waals surface area contributed by atoms with Gasteiger partial charge in [0.2, 0.25) is 0 Å². The van der Waals surface area contributed by atoms with Gasteiger partial charge in [-0.25, -0.2) is 0 Å². The van der Waals surface area contributed by atoms with Crippen molar-refractivity contribution in [3.63, 3.8) is 0 Å². The Morgan fingerprint density at radius 1 is 1.25 bits per heavy atom. The maximum absolute atomic E-state index is 9.75. The smallest absolute Gasteiger partial charge is 0.123 e. The molecule has 0 spiro atoms. The van der Waals surface area contributed by atoms with Gasteiger partial charge in [0.15, 0.2) is 0 Å². The van der Waals surface area contributed by atoms with Crippen molar-refractivity contribution in [1.82, 2.24) is 4.57 Å². The zero-order valence-corrected chi connectivity index (χ0v) is 9.51. The fourth-order valence-corrected chi connectivity index (χ4v) is 1.81. The van der Waals surface area contributed by atoms with Crippen molar-refractivity contribution in [3.05, 3.63) is 36.5 Å². The molecule has 2 rings (SSSR count). The third kappa shape index (κ3) is 1.76. The minimum atomic E-state index is 0.281. The van der Waals surface area contributed by atoms with Crippen LogP contribution in [0.1, 0.15) is 19.9 Å². The van der Waals surface area contributed by atoms with E-state index in [-0.39, 0.29) is 5.75 Å². The van der Waals surface area contributed by atoms with E-state index in [0.29, 0.717) is 11.9 Å². The number of nitrogens with zero attached hydrogens (tertiary/aromatic N) is 1. The number of aromatic hydroxyl groups is 1. The number of para-hydroxylation sites is 1. The van der Waals surface area contributed by atoms with E-state index in [1.54, 1.807) is 6.07 Å². The fourth-order valence-electron chi connectivity index (χ4n) is 1.81. The number of hydrogen-bond donors (Lipinski definition) is 2. The molecule has 1 heterocycles. The molecule has 0 unspecified atom stereocenters. The van der Waals surface area contributed by atoms with Gasteiger partial charge in [-0.1, -0.05) is 18.2 Å². The van der Waals surface area contributed by atoms with Gasteiger partial charge in [0.1, 0.15) is 11.6 Å². The molecule has 3 heteroatoms. The van der Waals surface area contributed by atoms with E-state index in [2.05, 4.69) is 13.8 Å². The van der Waals surface area contributed by atoms with Gasteiger partial charge in [-0.2, -0.15) is 0 Å². The Bertz CT molecular complexity index is 500. The van der Waals surface area contributed by atoms with Gasteiger partial charge >= 0.3 is 0 Å². The lowest BCUT2D eigenvalue weighted by Gasteiger charge is -2.08. The number of hydrogen-bond acceptors (Lipinski definition) is 2. The summed E-state index contributed by atoms with van der Waals surface area (Å²) in [5.41, 5.74) is 7.67. The molecule has 3 nitrogen and oxygen atoms in total. The van der Waals surface area contributed by atoms with E-state index in [4.69, 9.17) is 5.73 Å². The first-order valence-corrected chi connectivity index (χ1v) is 5.35. The fraction of sp³-hybridized carbons (Fsp3) is 0.231. The summed E-state index contributed by atoms with van der Waals surface area (Å²) >= 11 is 0. The molecule has 16 heavy (non-hydrogen) atoms. The van der Waals surface area contributed by atoms with Crippen molar-refractivity contribution in [2.75, 3.05) is 5.73 Å². The van der Waals surface area contributed by atoms with E-state index in [9.17, 15) is 5.11 Å². The van der Waals surface area contributed by atoms with Crippen LogP contribution in [-0.2, 0) is 0 Å². The maximum atomic E-state index is 9.75. The minimum absolute atomic E-state index is 0.281. The number of benzene rings is 1. The van der Waals surface area contributed by atoms with Gasteiger partial charge < -0.3 is 15.4 Å². The van der Waals surface area contributed by atoms with Gasteiger partial charge in [-0.15, -0.1) is 0 Å². The summed E-state index contributed by atoms with van der Waals surface area (Å²) in [7, 11) is 0. The number of anilines is 1. The van der Waals surface area contributed by atoms with E-state index >= 15 is 0 Å². The summed E-state index contributed by atoms with van der Waals surface area (Å²) < 4.78 is 1.99. The van der Waals surface area contributed by atoms with Crippen LogP contribution in [0.4, 0.5) is 5.82 Å². The lowest BCUT2D eigenvalue weighted by molar-refractivity contribution is 0.477. The highest BCUT2D eigenvalue weighted by atomic mass is 16.3. The zero-order chi connectivity index (χ0) is 11.7. The van der Waals surface area contributed by atoms with Crippen molar-refractivity contribution in [2.45, 2.75) is 19.9 Å². The first-order valence-electron chi connectivity index (χ1n) is 5.35. The molecule has 0 fully saturated rings. The average Bonchev–Trinajstić information content (AvgIpc) is 2.61. The van der Waals surface area contributed by atoms with E-state index in [0.717, 1.165) is 11.1 Å². The van der Waals surface area contributed by atoms with Crippen molar-refractivity contribution in [1.29, 1.82) is 0 Å². The van der Waals surface area contributed by atoms with Crippen molar-refractivity contribution in [3.8, 4) is 16.9 Å². The lowest BCUT2D eigenvalue weighted by Crippen LogP contribution is -2.02. The monoisotopic (exact) mass is 216 g/mol. The number of nitrogens with two attached hydrogens (primary N) is 1. The average molecular weight is 216 g/mol. The third-order valence-electron chi connectivity index (χ3n) is 2.65. The van der Waals surface area contributed by atoms with Gasteiger partial charge in [0.25, 0.3) is 0 Å². The molecule has 0 bridgehead atoms. The molecule has 0 aliphatic carbocycles.